The van der Waals surface area contributed by atoms with Crippen molar-refractivity contribution in [1.29, 1.82) is 5.26 Å². The monoisotopic (exact) mass is 397 g/mol. The van der Waals surface area contributed by atoms with Crippen LogP contribution in [0.15, 0.2) is 45.6 Å². The Morgan fingerprint density at radius 2 is 1.79 bits per heavy atom. The van der Waals surface area contributed by atoms with E-state index in [1.165, 1.54) is 12.1 Å². The number of anilines is 2. The molecule has 0 bridgehead atoms. The van der Waals surface area contributed by atoms with Gasteiger partial charge in [0.15, 0.2) is 11.3 Å². The lowest BCUT2D eigenvalue weighted by Crippen LogP contribution is -2.36. The lowest BCUT2D eigenvalue weighted by molar-refractivity contribution is 0.121. The Kier molecular flexibility index (Phi) is 5.14. The van der Waals surface area contributed by atoms with Crippen LogP contribution in [0.2, 0.25) is 0 Å². The number of nitrogens with one attached hydrogen (secondary N) is 1. The second-order valence-corrected chi connectivity index (χ2v) is 6.68. The molecule has 148 valence electrons. The maximum Gasteiger partial charge on any atom is 0.200 e. The summed E-state index contributed by atoms with van der Waals surface area (Å²) >= 11 is 0. The van der Waals surface area contributed by atoms with Gasteiger partial charge in [0.25, 0.3) is 0 Å². The van der Waals surface area contributed by atoms with Gasteiger partial charge in [0.1, 0.15) is 17.2 Å². The van der Waals surface area contributed by atoms with Crippen LogP contribution in [0.3, 0.4) is 0 Å². The van der Waals surface area contributed by atoms with E-state index in [0.717, 1.165) is 18.2 Å². The zero-order chi connectivity index (χ0) is 20.4. The van der Waals surface area contributed by atoms with Gasteiger partial charge in [-0.15, -0.1) is 0 Å². The number of nitrogens with zero attached hydrogens (tertiary/aromatic N) is 2. The smallest absolute Gasteiger partial charge is 0.200 e. The molecule has 2 heterocycles. The quantitative estimate of drug-likeness (QED) is 0.727. The molecule has 6 nitrogen and oxygen atoms in total. The fourth-order valence-electron chi connectivity index (χ4n) is 3.31. The van der Waals surface area contributed by atoms with Crippen molar-refractivity contribution < 1.29 is 17.9 Å². The zero-order valence-corrected chi connectivity index (χ0v) is 15.4. The molecule has 29 heavy (non-hydrogen) atoms. The van der Waals surface area contributed by atoms with Crippen molar-refractivity contribution in [2.45, 2.75) is 6.54 Å². The maximum absolute atomic E-state index is 13.4. The van der Waals surface area contributed by atoms with E-state index in [-0.39, 0.29) is 23.0 Å². The Bertz CT molecular complexity index is 1140. The predicted octanol–water partition coefficient (Wildman–Crippen LogP) is 3.39. The summed E-state index contributed by atoms with van der Waals surface area (Å²) in [6.45, 7) is 2.38. The highest BCUT2D eigenvalue weighted by Gasteiger charge is 2.17. The summed E-state index contributed by atoms with van der Waals surface area (Å²) in [7, 11) is 0. The van der Waals surface area contributed by atoms with E-state index in [1.807, 2.05) is 11.0 Å². The van der Waals surface area contributed by atoms with Gasteiger partial charge >= 0.3 is 0 Å². The van der Waals surface area contributed by atoms with Crippen LogP contribution in [0.4, 0.5) is 20.4 Å². The molecule has 1 fully saturated rings. The fraction of sp³-hybridized carbons (Fsp3) is 0.238. The molecule has 0 saturated carbocycles. The molecule has 0 amide bonds. The Balaban J connectivity index is 1.75. The molecule has 0 aliphatic carbocycles. The molecular weight excluding hydrogens is 380 g/mol. The van der Waals surface area contributed by atoms with Gasteiger partial charge < -0.3 is 19.4 Å². The normalized spacial score (nSPS) is 14.0. The van der Waals surface area contributed by atoms with Crippen LogP contribution in [-0.2, 0) is 11.3 Å². The van der Waals surface area contributed by atoms with Gasteiger partial charge in [-0.25, -0.2) is 8.78 Å². The van der Waals surface area contributed by atoms with Crippen LogP contribution >= 0.6 is 0 Å². The highest BCUT2D eigenvalue weighted by molar-refractivity contribution is 5.83. The SMILES string of the molecule is N#Cc1cc(CNc2cc(F)cc(F)c2)c2oc(N3CCOCC3)cc(=O)c2c1. The first-order valence-electron chi connectivity index (χ1n) is 9.07. The van der Waals surface area contributed by atoms with Gasteiger partial charge in [-0.05, 0) is 24.3 Å². The van der Waals surface area contributed by atoms with Gasteiger partial charge in [-0.1, -0.05) is 0 Å². The first-order valence-corrected chi connectivity index (χ1v) is 9.07. The second-order valence-electron chi connectivity index (χ2n) is 6.68. The van der Waals surface area contributed by atoms with Crippen LogP contribution in [0.25, 0.3) is 11.0 Å². The van der Waals surface area contributed by atoms with Crippen molar-refractivity contribution >= 4 is 22.5 Å². The van der Waals surface area contributed by atoms with Crippen molar-refractivity contribution in [1.82, 2.24) is 0 Å². The van der Waals surface area contributed by atoms with Crippen LogP contribution in [0.1, 0.15) is 11.1 Å². The summed E-state index contributed by atoms with van der Waals surface area (Å²) in [4.78, 5) is 14.6. The summed E-state index contributed by atoms with van der Waals surface area (Å²) in [6.07, 6.45) is 0. The highest BCUT2D eigenvalue weighted by Crippen LogP contribution is 2.25. The summed E-state index contributed by atoms with van der Waals surface area (Å²) < 4.78 is 38.2. The molecule has 2 aromatic carbocycles. The molecule has 4 rings (SSSR count). The van der Waals surface area contributed by atoms with Crippen LogP contribution in [0, 0.1) is 23.0 Å². The second kappa shape index (κ2) is 7.89. The van der Waals surface area contributed by atoms with Gasteiger partial charge in [0, 0.05) is 43.0 Å². The average molecular weight is 397 g/mol. The van der Waals surface area contributed by atoms with Crippen molar-refractivity contribution in [3.63, 3.8) is 0 Å². The molecular formula is C21H17F2N3O3. The number of morpholine rings is 1. The lowest BCUT2D eigenvalue weighted by atomic mass is 10.1. The summed E-state index contributed by atoms with van der Waals surface area (Å²) in [5.74, 6) is -0.984. The number of hydrogen-bond acceptors (Lipinski definition) is 6. The van der Waals surface area contributed by atoms with E-state index in [2.05, 4.69) is 5.32 Å². The summed E-state index contributed by atoms with van der Waals surface area (Å²) in [5.41, 5.74) is 1.15. The van der Waals surface area contributed by atoms with Gasteiger partial charge in [0.2, 0.25) is 0 Å². The lowest BCUT2D eigenvalue weighted by Gasteiger charge is -2.27. The first-order chi connectivity index (χ1) is 14.0. The average Bonchev–Trinajstić information content (AvgIpc) is 2.72. The third-order valence-corrected chi connectivity index (χ3v) is 4.69. The van der Waals surface area contributed by atoms with Gasteiger partial charge in [-0.2, -0.15) is 5.26 Å². The number of hydrogen-bond donors (Lipinski definition) is 1. The van der Waals surface area contributed by atoms with Gasteiger partial charge in [-0.3, -0.25) is 4.79 Å². The van der Waals surface area contributed by atoms with E-state index in [0.29, 0.717) is 48.9 Å². The number of nitriles is 1. The molecule has 1 aliphatic heterocycles. The van der Waals surface area contributed by atoms with Crippen molar-refractivity contribution in [2.75, 3.05) is 36.5 Å². The third kappa shape index (κ3) is 4.05. The Hall–Kier alpha value is -3.44. The number of fused-ring (bicyclic) bond motifs is 1. The molecule has 1 saturated heterocycles. The maximum atomic E-state index is 13.4. The molecule has 3 aromatic rings. The number of benzene rings is 2. The minimum Gasteiger partial charge on any atom is -0.440 e. The van der Waals surface area contributed by atoms with Crippen molar-refractivity contribution in [3.05, 3.63) is 69.4 Å². The minimum atomic E-state index is -0.704. The molecule has 0 spiro atoms. The van der Waals surface area contributed by atoms with E-state index in [1.54, 1.807) is 6.07 Å². The Morgan fingerprint density at radius 1 is 1.07 bits per heavy atom. The third-order valence-electron chi connectivity index (χ3n) is 4.69. The topological polar surface area (TPSA) is 78.5 Å². The van der Waals surface area contributed by atoms with Crippen molar-refractivity contribution in [2.24, 2.45) is 0 Å². The van der Waals surface area contributed by atoms with Crippen LogP contribution in [-0.4, -0.2) is 26.3 Å². The predicted molar refractivity (Wildman–Crippen MR) is 104 cm³/mol. The fourth-order valence-corrected chi connectivity index (χ4v) is 3.31. The largest absolute Gasteiger partial charge is 0.440 e. The highest BCUT2D eigenvalue weighted by atomic mass is 19.1. The van der Waals surface area contributed by atoms with E-state index in [4.69, 9.17) is 9.15 Å². The molecule has 8 heteroatoms. The van der Waals surface area contributed by atoms with E-state index >= 15 is 0 Å². The first kappa shape index (κ1) is 18.9. The number of rotatable bonds is 4. The molecule has 0 unspecified atom stereocenters. The Labute approximate surface area is 164 Å². The summed E-state index contributed by atoms with van der Waals surface area (Å²) in [5, 5.41) is 12.5. The van der Waals surface area contributed by atoms with Crippen LogP contribution in [0.5, 0.6) is 0 Å². The zero-order valence-electron chi connectivity index (χ0n) is 15.4. The number of ether oxygens (including phenoxy) is 1. The molecule has 1 N–H and O–H groups in total. The van der Waals surface area contributed by atoms with E-state index in [9.17, 15) is 18.8 Å². The van der Waals surface area contributed by atoms with E-state index < -0.39 is 11.6 Å². The Morgan fingerprint density at radius 3 is 2.48 bits per heavy atom. The van der Waals surface area contributed by atoms with Crippen LogP contribution < -0.4 is 15.6 Å². The molecule has 0 radical (unpaired) electrons. The molecule has 0 atom stereocenters. The standard InChI is InChI=1S/C21H17F2N3O3/c22-15-7-16(23)9-17(8-15)25-12-14-5-13(11-24)6-18-19(27)10-20(29-21(14)18)26-1-3-28-4-2-26/h5-10,25H,1-4,12H2. The molecule has 1 aliphatic rings. The van der Waals surface area contributed by atoms with Gasteiger partial charge in [0.05, 0.1) is 30.2 Å². The minimum absolute atomic E-state index is 0.115. The summed E-state index contributed by atoms with van der Waals surface area (Å²) in [6, 6.07) is 9.62. The molecule has 1 aromatic heterocycles. The van der Waals surface area contributed by atoms with Crippen molar-refractivity contribution in [3.8, 4) is 6.07 Å². The number of halogens is 2.